The fraction of sp³-hybridized carbons (Fsp3) is 0.458. The lowest BCUT2D eigenvalue weighted by Gasteiger charge is -2.30. The highest BCUT2D eigenvalue weighted by Gasteiger charge is 2.28. The van der Waals surface area contributed by atoms with Crippen molar-refractivity contribution in [2.45, 2.75) is 38.0 Å². The van der Waals surface area contributed by atoms with Crippen molar-refractivity contribution in [3.63, 3.8) is 0 Å². The maximum atomic E-state index is 12.8. The lowest BCUT2D eigenvalue weighted by atomic mass is 10.0. The normalized spacial score (nSPS) is 18.8. The monoisotopic (exact) mass is 425 g/mol. The first-order valence-corrected chi connectivity index (χ1v) is 11.0. The van der Waals surface area contributed by atoms with Crippen LogP contribution in [0.3, 0.4) is 0 Å². The van der Waals surface area contributed by atoms with E-state index in [9.17, 15) is 9.90 Å². The van der Waals surface area contributed by atoms with Crippen LogP contribution in [0.5, 0.6) is 11.5 Å². The predicted octanol–water partition coefficient (Wildman–Crippen LogP) is 3.02. The van der Waals surface area contributed by atoms with Gasteiger partial charge in [0, 0.05) is 6.54 Å². The van der Waals surface area contributed by atoms with E-state index in [-0.39, 0.29) is 12.1 Å². The Kier molecular flexibility index (Phi) is 6.94. The van der Waals surface area contributed by atoms with Crippen LogP contribution in [0.15, 0.2) is 48.5 Å². The van der Waals surface area contributed by atoms with Crippen LogP contribution in [0.25, 0.3) is 0 Å². The molecule has 4 rings (SSSR count). The number of aliphatic hydroxyl groups excluding tert-OH is 1. The van der Waals surface area contributed by atoms with Crippen molar-refractivity contribution in [1.29, 1.82) is 0 Å². The van der Waals surface area contributed by atoms with E-state index in [2.05, 4.69) is 15.5 Å². The van der Waals surface area contributed by atoms with E-state index in [0.29, 0.717) is 36.8 Å². The molecule has 0 saturated carbocycles. The standard InChI is InChI=1S/C24H31N3O4/c1-17(18-7-3-2-4-8-18)25-24(29)26-20(16-27-11-5-6-12-27)23(28)19-9-10-21-22(15-19)31-14-13-30-21/h2-4,7-10,15,17,20,23,28H,5-6,11-14,16H2,1H3,(H2,25,26,29)/t17-,20-,23-/m1/s1. The van der Waals surface area contributed by atoms with Crippen LogP contribution >= 0.6 is 0 Å². The molecule has 3 atom stereocenters. The molecule has 2 aliphatic heterocycles. The van der Waals surface area contributed by atoms with Gasteiger partial charge in [-0.1, -0.05) is 36.4 Å². The summed E-state index contributed by atoms with van der Waals surface area (Å²) in [6.07, 6.45) is 1.42. The van der Waals surface area contributed by atoms with Crippen LogP contribution in [0.4, 0.5) is 4.79 Å². The molecule has 2 aliphatic rings. The number of aliphatic hydroxyl groups is 1. The van der Waals surface area contributed by atoms with Crippen LogP contribution in [0.1, 0.15) is 43.0 Å². The van der Waals surface area contributed by atoms with Gasteiger partial charge in [-0.25, -0.2) is 4.79 Å². The van der Waals surface area contributed by atoms with Crippen LogP contribution < -0.4 is 20.1 Å². The van der Waals surface area contributed by atoms with Crippen molar-refractivity contribution in [2.24, 2.45) is 0 Å². The van der Waals surface area contributed by atoms with E-state index >= 15 is 0 Å². The van der Waals surface area contributed by atoms with Gasteiger partial charge in [0.2, 0.25) is 0 Å². The number of amides is 2. The van der Waals surface area contributed by atoms with Crippen molar-refractivity contribution < 1.29 is 19.4 Å². The zero-order valence-corrected chi connectivity index (χ0v) is 17.9. The molecule has 7 heteroatoms. The second kappa shape index (κ2) is 10.0. The number of carbonyl (C=O) groups excluding carboxylic acids is 1. The zero-order chi connectivity index (χ0) is 21.6. The molecule has 0 aromatic heterocycles. The quantitative estimate of drug-likeness (QED) is 0.635. The van der Waals surface area contributed by atoms with Crippen LogP contribution in [0, 0.1) is 0 Å². The second-order valence-corrected chi connectivity index (χ2v) is 8.21. The fourth-order valence-corrected chi connectivity index (χ4v) is 4.18. The Bertz CT molecular complexity index is 870. The summed E-state index contributed by atoms with van der Waals surface area (Å²) in [6, 6.07) is 14.4. The number of nitrogens with one attached hydrogen (secondary N) is 2. The Balaban J connectivity index is 1.46. The molecule has 166 valence electrons. The molecule has 2 aromatic rings. The number of ether oxygens (including phenoxy) is 2. The lowest BCUT2D eigenvalue weighted by Crippen LogP contribution is -2.50. The SMILES string of the molecule is C[C@@H](NC(=O)N[C@H](CN1CCCC1)[C@H](O)c1ccc2c(c1)OCCO2)c1ccccc1. The van der Waals surface area contributed by atoms with E-state index < -0.39 is 12.1 Å². The fourth-order valence-electron chi connectivity index (χ4n) is 4.18. The average molecular weight is 426 g/mol. The van der Waals surface area contributed by atoms with E-state index in [1.165, 1.54) is 0 Å². The molecule has 0 unspecified atom stereocenters. The number of nitrogens with zero attached hydrogens (tertiary/aromatic N) is 1. The number of likely N-dealkylation sites (tertiary alicyclic amines) is 1. The molecule has 7 nitrogen and oxygen atoms in total. The summed E-state index contributed by atoms with van der Waals surface area (Å²) in [7, 11) is 0. The molecule has 2 aromatic carbocycles. The highest BCUT2D eigenvalue weighted by atomic mass is 16.6. The Morgan fingerprint density at radius 2 is 1.71 bits per heavy atom. The van der Waals surface area contributed by atoms with Gasteiger partial charge in [-0.2, -0.15) is 0 Å². The van der Waals surface area contributed by atoms with Crippen molar-refractivity contribution in [3.8, 4) is 11.5 Å². The average Bonchev–Trinajstić information content (AvgIpc) is 3.31. The molecular weight excluding hydrogens is 394 g/mol. The zero-order valence-electron chi connectivity index (χ0n) is 17.9. The van der Waals surface area contributed by atoms with Gasteiger partial charge in [-0.15, -0.1) is 0 Å². The van der Waals surface area contributed by atoms with Gasteiger partial charge >= 0.3 is 6.03 Å². The van der Waals surface area contributed by atoms with Gasteiger partial charge in [0.05, 0.1) is 12.1 Å². The van der Waals surface area contributed by atoms with Crippen molar-refractivity contribution in [1.82, 2.24) is 15.5 Å². The molecular formula is C24H31N3O4. The Morgan fingerprint density at radius 1 is 1.00 bits per heavy atom. The largest absolute Gasteiger partial charge is 0.486 e. The Labute approximate surface area is 183 Å². The van der Waals surface area contributed by atoms with Gasteiger partial charge in [0.1, 0.15) is 19.3 Å². The first-order valence-electron chi connectivity index (χ1n) is 11.0. The highest BCUT2D eigenvalue weighted by molar-refractivity contribution is 5.75. The second-order valence-electron chi connectivity index (χ2n) is 8.21. The van der Waals surface area contributed by atoms with Gasteiger partial charge < -0.3 is 30.1 Å². The summed E-state index contributed by atoms with van der Waals surface area (Å²) < 4.78 is 11.2. The summed E-state index contributed by atoms with van der Waals surface area (Å²) >= 11 is 0. The number of benzene rings is 2. The number of hydrogen-bond acceptors (Lipinski definition) is 5. The topological polar surface area (TPSA) is 83.1 Å². The molecule has 3 N–H and O–H groups in total. The number of rotatable bonds is 7. The summed E-state index contributed by atoms with van der Waals surface area (Å²) in [6.45, 7) is 5.50. The third-order valence-corrected chi connectivity index (χ3v) is 5.91. The lowest BCUT2D eigenvalue weighted by molar-refractivity contribution is 0.108. The van der Waals surface area contributed by atoms with Gasteiger partial charge in [-0.05, 0) is 56.1 Å². The molecule has 0 bridgehead atoms. The summed E-state index contributed by atoms with van der Waals surface area (Å²) in [5, 5.41) is 17.2. The van der Waals surface area contributed by atoms with Gasteiger partial charge in [0.15, 0.2) is 11.5 Å². The van der Waals surface area contributed by atoms with Gasteiger partial charge in [0.25, 0.3) is 0 Å². The van der Waals surface area contributed by atoms with Gasteiger partial charge in [-0.3, -0.25) is 0 Å². The van der Waals surface area contributed by atoms with E-state index in [4.69, 9.17) is 9.47 Å². The van der Waals surface area contributed by atoms with Crippen LogP contribution in [-0.2, 0) is 0 Å². The molecule has 2 amide bonds. The van der Waals surface area contributed by atoms with Crippen molar-refractivity contribution >= 4 is 6.03 Å². The first-order chi connectivity index (χ1) is 15.1. The Morgan fingerprint density at radius 3 is 2.45 bits per heavy atom. The van der Waals surface area contributed by atoms with E-state index in [1.807, 2.05) is 55.5 Å². The third-order valence-electron chi connectivity index (χ3n) is 5.91. The minimum atomic E-state index is -0.866. The minimum Gasteiger partial charge on any atom is -0.486 e. The van der Waals surface area contributed by atoms with E-state index in [0.717, 1.165) is 31.5 Å². The molecule has 2 heterocycles. The van der Waals surface area contributed by atoms with Crippen LogP contribution in [0.2, 0.25) is 0 Å². The van der Waals surface area contributed by atoms with E-state index in [1.54, 1.807) is 0 Å². The van der Waals surface area contributed by atoms with Crippen molar-refractivity contribution in [2.75, 3.05) is 32.8 Å². The molecule has 0 aliphatic carbocycles. The number of fused-ring (bicyclic) bond motifs is 1. The molecule has 0 radical (unpaired) electrons. The maximum Gasteiger partial charge on any atom is 0.315 e. The molecule has 1 fully saturated rings. The smallest absolute Gasteiger partial charge is 0.315 e. The predicted molar refractivity (Wildman–Crippen MR) is 118 cm³/mol. The molecule has 0 spiro atoms. The summed E-state index contributed by atoms with van der Waals surface area (Å²) in [5.74, 6) is 1.31. The Hall–Kier alpha value is -2.77. The summed E-state index contributed by atoms with van der Waals surface area (Å²) in [4.78, 5) is 15.1. The number of urea groups is 1. The molecule has 1 saturated heterocycles. The molecule has 31 heavy (non-hydrogen) atoms. The minimum absolute atomic E-state index is 0.139. The number of hydrogen-bond donors (Lipinski definition) is 3. The van der Waals surface area contributed by atoms with Crippen molar-refractivity contribution in [3.05, 3.63) is 59.7 Å². The number of carbonyl (C=O) groups is 1. The summed E-state index contributed by atoms with van der Waals surface area (Å²) in [5.41, 5.74) is 1.73. The third kappa shape index (κ3) is 5.48. The first kappa shape index (κ1) is 21.5. The highest BCUT2D eigenvalue weighted by Crippen LogP contribution is 2.33. The maximum absolute atomic E-state index is 12.8. The van der Waals surface area contributed by atoms with Crippen LogP contribution in [-0.4, -0.2) is 54.9 Å².